The number of hydrogen-bond donors (Lipinski definition) is 1. The molecule has 1 aromatic heterocycles. The summed E-state index contributed by atoms with van der Waals surface area (Å²) < 4.78 is 0. The number of amides is 1. The van der Waals surface area contributed by atoms with Crippen molar-refractivity contribution in [2.75, 3.05) is 43.4 Å². The number of likely N-dealkylation sites (N-methyl/N-ethyl adjacent to an activating group) is 1. The van der Waals surface area contributed by atoms with Crippen LogP contribution >= 0.6 is 0 Å². The van der Waals surface area contributed by atoms with Gasteiger partial charge in [0.1, 0.15) is 18.0 Å². The van der Waals surface area contributed by atoms with Gasteiger partial charge in [-0.3, -0.25) is 4.79 Å². The second-order valence-electron chi connectivity index (χ2n) is 5.16. The van der Waals surface area contributed by atoms with E-state index in [1.54, 1.807) is 4.90 Å². The molecule has 2 rings (SSSR count). The number of piperazine rings is 1. The quantitative estimate of drug-likeness (QED) is 0.835. The predicted molar refractivity (Wildman–Crippen MR) is 79.8 cm³/mol. The van der Waals surface area contributed by atoms with Crippen molar-refractivity contribution in [2.24, 2.45) is 0 Å². The van der Waals surface area contributed by atoms with E-state index in [1.165, 1.54) is 11.9 Å². The minimum Gasteiger partial charge on any atom is -0.366 e. The Hall–Kier alpha value is -2.11. The zero-order chi connectivity index (χ0) is 14.5. The molecular weight excluding hydrogens is 254 g/mol. The molecule has 1 N–H and O–H groups in total. The predicted octanol–water partition coefficient (Wildman–Crippen LogP) is 1.13. The van der Waals surface area contributed by atoms with Crippen molar-refractivity contribution in [1.82, 2.24) is 14.9 Å². The van der Waals surface area contributed by atoms with Gasteiger partial charge in [-0.1, -0.05) is 11.6 Å². The highest BCUT2D eigenvalue weighted by molar-refractivity contribution is 5.82. The van der Waals surface area contributed by atoms with Crippen LogP contribution in [0.3, 0.4) is 0 Å². The fourth-order valence-electron chi connectivity index (χ4n) is 1.93. The lowest BCUT2D eigenvalue weighted by Crippen LogP contribution is -2.48. The molecule has 0 saturated carbocycles. The highest BCUT2D eigenvalue weighted by Gasteiger charge is 2.22. The minimum absolute atomic E-state index is 0.119. The summed E-state index contributed by atoms with van der Waals surface area (Å²) in [4.78, 5) is 23.9. The molecule has 0 radical (unpaired) electrons. The van der Waals surface area contributed by atoms with E-state index in [0.29, 0.717) is 6.54 Å². The third kappa shape index (κ3) is 3.69. The number of allylic oxidation sites excluding steroid dienone is 1. The summed E-state index contributed by atoms with van der Waals surface area (Å²) in [5.41, 5.74) is 1.26. The van der Waals surface area contributed by atoms with E-state index in [0.717, 1.165) is 31.3 Å². The Morgan fingerprint density at radius 1 is 1.40 bits per heavy atom. The van der Waals surface area contributed by atoms with Crippen molar-refractivity contribution in [3.63, 3.8) is 0 Å². The summed E-state index contributed by atoms with van der Waals surface area (Å²) in [6.07, 6.45) is 3.63. The summed E-state index contributed by atoms with van der Waals surface area (Å²) in [5, 5.41) is 3.23. The number of nitrogens with one attached hydrogen (secondary N) is 1. The lowest BCUT2D eigenvalue weighted by Gasteiger charge is -2.32. The molecule has 1 aliphatic rings. The van der Waals surface area contributed by atoms with Crippen LogP contribution in [0.4, 0.5) is 11.6 Å². The van der Waals surface area contributed by atoms with Gasteiger partial charge in [-0.15, -0.1) is 0 Å². The van der Waals surface area contributed by atoms with Crippen LogP contribution in [-0.4, -0.2) is 54.0 Å². The minimum atomic E-state index is 0.119. The van der Waals surface area contributed by atoms with Gasteiger partial charge in [-0.25, -0.2) is 9.97 Å². The highest BCUT2D eigenvalue weighted by Crippen LogP contribution is 2.16. The number of aromatic nitrogens is 2. The molecule has 0 aliphatic carbocycles. The normalized spacial score (nSPS) is 15.2. The largest absolute Gasteiger partial charge is 0.366 e. The molecule has 1 amide bonds. The van der Waals surface area contributed by atoms with Gasteiger partial charge in [-0.2, -0.15) is 0 Å². The van der Waals surface area contributed by atoms with Gasteiger partial charge < -0.3 is 15.1 Å². The van der Waals surface area contributed by atoms with Crippen LogP contribution in [0.15, 0.2) is 24.0 Å². The molecule has 0 atom stereocenters. The van der Waals surface area contributed by atoms with Crippen LogP contribution in [0.2, 0.25) is 0 Å². The summed E-state index contributed by atoms with van der Waals surface area (Å²) in [7, 11) is 1.83. The molecule has 6 heteroatoms. The van der Waals surface area contributed by atoms with Crippen LogP contribution < -0.4 is 10.2 Å². The zero-order valence-corrected chi connectivity index (χ0v) is 12.3. The average molecular weight is 275 g/mol. The van der Waals surface area contributed by atoms with Crippen LogP contribution in [0, 0.1) is 0 Å². The van der Waals surface area contributed by atoms with Gasteiger partial charge in [0.05, 0.1) is 6.54 Å². The topological polar surface area (TPSA) is 61.4 Å². The summed E-state index contributed by atoms with van der Waals surface area (Å²) in [5.74, 6) is 1.69. The van der Waals surface area contributed by atoms with Gasteiger partial charge in [0.25, 0.3) is 0 Å². The van der Waals surface area contributed by atoms with E-state index in [2.05, 4.69) is 35.2 Å². The van der Waals surface area contributed by atoms with E-state index in [9.17, 15) is 4.79 Å². The van der Waals surface area contributed by atoms with Crippen LogP contribution in [-0.2, 0) is 4.79 Å². The summed E-state index contributed by atoms with van der Waals surface area (Å²) in [6, 6.07) is 1.89. The lowest BCUT2D eigenvalue weighted by atomic mass is 10.3. The maximum absolute atomic E-state index is 11.7. The second kappa shape index (κ2) is 6.36. The van der Waals surface area contributed by atoms with E-state index >= 15 is 0 Å². The van der Waals surface area contributed by atoms with Gasteiger partial charge >= 0.3 is 0 Å². The first kappa shape index (κ1) is 14.3. The molecule has 6 nitrogen and oxygen atoms in total. The Morgan fingerprint density at radius 3 is 2.90 bits per heavy atom. The first-order valence-electron chi connectivity index (χ1n) is 6.74. The highest BCUT2D eigenvalue weighted by atomic mass is 16.2. The standard InChI is InChI=1S/C14H21N5O/c1-11(2)4-5-15-12-8-13(17-10-16-12)19-7-6-18(3)14(20)9-19/h4,8,10H,5-7,9H2,1-3H3,(H,15,16,17). The van der Waals surface area contributed by atoms with Gasteiger partial charge in [-0.05, 0) is 13.8 Å². The molecular formula is C14H21N5O. The number of carbonyl (C=O) groups excluding carboxylic acids is 1. The van der Waals surface area contributed by atoms with Crippen LogP contribution in [0.25, 0.3) is 0 Å². The average Bonchev–Trinajstić information content (AvgIpc) is 2.42. The first-order valence-corrected chi connectivity index (χ1v) is 6.74. The monoisotopic (exact) mass is 275 g/mol. The van der Waals surface area contributed by atoms with E-state index in [1.807, 2.05) is 18.0 Å². The zero-order valence-electron chi connectivity index (χ0n) is 12.3. The van der Waals surface area contributed by atoms with E-state index in [4.69, 9.17) is 0 Å². The Balaban J connectivity index is 2.02. The number of carbonyl (C=O) groups is 1. The van der Waals surface area contributed by atoms with Crippen molar-refractivity contribution in [3.05, 3.63) is 24.0 Å². The van der Waals surface area contributed by atoms with Crippen molar-refractivity contribution in [1.29, 1.82) is 0 Å². The molecule has 1 aromatic rings. The first-order chi connectivity index (χ1) is 9.56. The maximum Gasteiger partial charge on any atom is 0.241 e. The Kier molecular flexibility index (Phi) is 4.55. The van der Waals surface area contributed by atoms with Crippen molar-refractivity contribution in [3.8, 4) is 0 Å². The lowest BCUT2D eigenvalue weighted by molar-refractivity contribution is -0.129. The fraction of sp³-hybridized carbons (Fsp3) is 0.500. The summed E-state index contributed by atoms with van der Waals surface area (Å²) >= 11 is 0. The molecule has 108 valence electrons. The molecule has 0 unspecified atom stereocenters. The number of rotatable bonds is 4. The van der Waals surface area contributed by atoms with Gasteiger partial charge in [0.15, 0.2) is 0 Å². The second-order valence-corrected chi connectivity index (χ2v) is 5.16. The summed E-state index contributed by atoms with van der Waals surface area (Å²) in [6.45, 7) is 6.75. The third-order valence-electron chi connectivity index (χ3n) is 3.23. The molecule has 0 spiro atoms. The number of nitrogens with zero attached hydrogens (tertiary/aromatic N) is 4. The maximum atomic E-state index is 11.7. The van der Waals surface area contributed by atoms with Crippen molar-refractivity contribution in [2.45, 2.75) is 13.8 Å². The van der Waals surface area contributed by atoms with E-state index in [-0.39, 0.29) is 5.91 Å². The molecule has 1 fully saturated rings. The fourth-order valence-corrected chi connectivity index (χ4v) is 1.93. The SMILES string of the molecule is CC(C)=CCNc1cc(N2CCN(C)C(=O)C2)ncn1. The smallest absolute Gasteiger partial charge is 0.241 e. The Morgan fingerprint density at radius 2 is 2.20 bits per heavy atom. The molecule has 2 heterocycles. The Bertz CT molecular complexity index is 510. The number of anilines is 2. The molecule has 20 heavy (non-hydrogen) atoms. The van der Waals surface area contributed by atoms with Crippen molar-refractivity contribution >= 4 is 17.5 Å². The van der Waals surface area contributed by atoms with Gasteiger partial charge in [0.2, 0.25) is 5.91 Å². The third-order valence-corrected chi connectivity index (χ3v) is 3.23. The van der Waals surface area contributed by atoms with Gasteiger partial charge in [0, 0.05) is 32.7 Å². The van der Waals surface area contributed by atoms with Crippen LogP contribution in [0.5, 0.6) is 0 Å². The number of hydrogen-bond acceptors (Lipinski definition) is 5. The molecule has 1 saturated heterocycles. The van der Waals surface area contributed by atoms with Crippen molar-refractivity contribution < 1.29 is 4.79 Å². The Labute approximate surface area is 119 Å². The van der Waals surface area contributed by atoms with E-state index < -0.39 is 0 Å². The molecule has 1 aliphatic heterocycles. The van der Waals surface area contributed by atoms with Crippen LogP contribution in [0.1, 0.15) is 13.8 Å². The molecule has 0 bridgehead atoms. The molecule has 0 aromatic carbocycles.